The van der Waals surface area contributed by atoms with Crippen molar-refractivity contribution in [2.45, 2.75) is 25.7 Å². The number of aryl methyl sites for hydroxylation is 1. The van der Waals surface area contributed by atoms with Crippen LogP contribution in [0.5, 0.6) is 0 Å². The fraction of sp³-hybridized carbons (Fsp3) is 0.667. The molecule has 3 heteroatoms. The molecule has 2 rings (SSSR count). The van der Waals surface area contributed by atoms with E-state index in [4.69, 9.17) is 16.3 Å². The van der Waals surface area contributed by atoms with Crippen molar-refractivity contribution in [3.05, 3.63) is 22.4 Å². The van der Waals surface area contributed by atoms with Gasteiger partial charge in [-0.2, -0.15) is 0 Å². The first kappa shape index (κ1) is 11.4. The number of alkyl halides is 1. The zero-order valence-electron chi connectivity index (χ0n) is 8.88. The van der Waals surface area contributed by atoms with Crippen LogP contribution in [-0.2, 0) is 11.2 Å². The Bertz CT molecular complexity index is 278. The van der Waals surface area contributed by atoms with Crippen LogP contribution < -0.4 is 0 Å². The predicted molar refractivity (Wildman–Crippen MR) is 65.8 cm³/mol. The van der Waals surface area contributed by atoms with Gasteiger partial charge in [0.05, 0.1) is 0 Å². The van der Waals surface area contributed by atoms with E-state index in [9.17, 15) is 0 Å². The Kier molecular flexibility index (Phi) is 4.06. The monoisotopic (exact) mass is 244 g/mol. The molecular formula is C12H17ClOS. The van der Waals surface area contributed by atoms with Crippen molar-refractivity contribution in [2.75, 3.05) is 19.1 Å². The Morgan fingerprint density at radius 1 is 1.40 bits per heavy atom. The third-order valence-electron chi connectivity index (χ3n) is 3.32. The van der Waals surface area contributed by atoms with E-state index in [-0.39, 0.29) is 0 Å². The zero-order valence-corrected chi connectivity index (χ0v) is 10.4. The van der Waals surface area contributed by atoms with Gasteiger partial charge in [0.15, 0.2) is 0 Å². The van der Waals surface area contributed by atoms with Gasteiger partial charge in [0.1, 0.15) is 0 Å². The van der Waals surface area contributed by atoms with Crippen molar-refractivity contribution in [1.82, 2.24) is 0 Å². The van der Waals surface area contributed by atoms with E-state index in [0.717, 1.165) is 31.9 Å². The fourth-order valence-electron chi connectivity index (χ4n) is 2.10. The molecule has 1 nitrogen and oxygen atoms in total. The minimum absolute atomic E-state index is 0.337. The zero-order chi connectivity index (χ0) is 10.6. The molecule has 2 heterocycles. The van der Waals surface area contributed by atoms with Crippen LogP contribution in [0.3, 0.4) is 0 Å². The van der Waals surface area contributed by atoms with Crippen LogP contribution in [0.25, 0.3) is 0 Å². The molecular weight excluding hydrogens is 228 g/mol. The molecule has 1 aromatic rings. The first-order valence-corrected chi connectivity index (χ1v) is 6.92. The van der Waals surface area contributed by atoms with E-state index in [1.54, 1.807) is 0 Å². The molecule has 1 aliphatic rings. The molecule has 1 saturated heterocycles. The Labute approximate surface area is 100 Å². The Morgan fingerprint density at radius 3 is 2.80 bits per heavy atom. The molecule has 0 spiro atoms. The number of hydrogen-bond donors (Lipinski definition) is 0. The predicted octanol–water partition coefficient (Wildman–Crippen LogP) is 3.72. The van der Waals surface area contributed by atoms with Crippen molar-refractivity contribution in [1.29, 1.82) is 0 Å². The van der Waals surface area contributed by atoms with E-state index < -0.39 is 0 Å². The lowest BCUT2D eigenvalue weighted by atomic mass is 9.78. The molecule has 0 aliphatic carbocycles. The van der Waals surface area contributed by atoms with Crippen molar-refractivity contribution < 1.29 is 4.74 Å². The summed E-state index contributed by atoms with van der Waals surface area (Å²) in [5, 5.41) is 2.15. The van der Waals surface area contributed by atoms with E-state index in [2.05, 4.69) is 17.5 Å². The molecule has 0 N–H and O–H groups in total. The van der Waals surface area contributed by atoms with Crippen molar-refractivity contribution in [3.63, 3.8) is 0 Å². The van der Waals surface area contributed by atoms with Gasteiger partial charge >= 0.3 is 0 Å². The highest BCUT2D eigenvalue weighted by molar-refractivity contribution is 7.09. The van der Waals surface area contributed by atoms with Gasteiger partial charge in [-0.15, -0.1) is 22.9 Å². The molecule has 0 unspecified atom stereocenters. The summed E-state index contributed by atoms with van der Waals surface area (Å²) in [6, 6.07) is 4.34. The molecule has 0 saturated carbocycles. The maximum Gasteiger partial charge on any atom is 0.0471 e. The van der Waals surface area contributed by atoms with Crippen molar-refractivity contribution in [2.24, 2.45) is 5.41 Å². The lowest BCUT2D eigenvalue weighted by Crippen LogP contribution is -2.31. The summed E-state index contributed by atoms with van der Waals surface area (Å²) in [4.78, 5) is 1.48. The van der Waals surface area contributed by atoms with Crippen molar-refractivity contribution in [3.8, 4) is 0 Å². The summed E-state index contributed by atoms with van der Waals surface area (Å²) in [5.41, 5.74) is 0.337. The van der Waals surface area contributed by atoms with E-state index in [1.165, 1.54) is 17.7 Å². The maximum absolute atomic E-state index is 6.13. The second-order valence-electron chi connectivity index (χ2n) is 4.33. The number of thiophene rings is 1. The van der Waals surface area contributed by atoms with Crippen LogP contribution in [0.15, 0.2) is 17.5 Å². The van der Waals surface area contributed by atoms with Gasteiger partial charge in [0, 0.05) is 24.0 Å². The highest BCUT2D eigenvalue weighted by atomic mass is 35.5. The lowest BCUT2D eigenvalue weighted by Gasteiger charge is -2.35. The van der Waals surface area contributed by atoms with Crippen LogP contribution >= 0.6 is 22.9 Å². The van der Waals surface area contributed by atoms with Crippen LogP contribution in [-0.4, -0.2) is 19.1 Å². The van der Waals surface area contributed by atoms with Gasteiger partial charge in [-0.1, -0.05) is 6.07 Å². The Morgan fingerprint density at radius 2 is 2.20 bits per heavy atom. The van der Waals surface area contributed by atoms with Crippen LogP contribution in [0.2, 0.25) is 0 Å². The normalized spacial score (nSPS) is 20.3. The molecule has 0 radical (unpaired) electrons. The average Bonchev–Trinajstić information content (AvgIpc) is 2.81. The van der Waals surface area contributed by atoms with Crippen molar-refractivity contribution >= 4 is 22.9 Å². The number of rotatable bonds is 4. The lowest BCUT2D eigenvalue weighted by molar-refractivity contribution is 0.0218. The Balaban J connectivity index is 1.89. The minimum atomic E-state index is 0.337. The molecule has 1 fully saturated rings. The van der Waals surface area contributed by atoms with Crippen LogP contribution in [0, 0.1) is 5.41 Å². The summed E-state index contributed by atoms with van der Waals surface area (Å²) >= 11 is 7.97. The topological polar surface area (TPSA) is 9.23 Å². The molecule has 15 heavy (non-hydrogen) atoms. The number of hydrogen-bond acceptors (Lipinski definition) is 2. The van der Waals surface area contributed by atoms with E-state index >= 15 is 0 Å². The van der Waals surface area contributed by atoms with Gasteiger partial charge in [-0.3, -0.25) is 0 Å². The maximum atomic E-state index is 6.13. The highest BCUT2D eigenvalue weighted by Gasteiger charge is 2.31. The van der Waals surface area contributed by atoms with Gasteiger partial charge in [-0.25, -0.2) is 0 Å². The second kappa shape index (κ2) is 5.33. The summed E-state index contributed by atoms with van der Waals surface area (Å²) < 4.78 is 5.41. The van der Waals surface area contributed by atoms with Gasteiger partial charge in [-0.05, 0) is 42.5 Å². The molecule has 1 aromatic heterocycles. The molecule has 0 aromatic carbocycles. The number of ether oxygens (including phenoxy) is 1. The average molecular weight is 245 g/mol. The molecule has 0 bridgehead atoms. The summed E-state index contributed by atoms with van der Waals surface area (Å²) in [5.74, 6) is 0.779. The first-order valence-electron chi connectivity index (χ1n) is 5.51. The molecule has 84 valence electrons. The van der Waals surface area contributed by atoms with Gasteiger partial charge in [0.2, 0.25) is 0 Å². The SMILES string of the molecule is ClCC1(CCc2cccs2)CCOCC1. The van der Waals surface area contributed by atoms with E-state index in [1.807, 2.05) is 11.3 Å². The van der Waals surface area contributed by atoms with Crippen LogP contribution in [0.4, 0.5) is 0 Å². The molecule has 0 amide bonds. The number of halogens is 1. The summed E-state index contributed by atoms with van der Waals surface area (Å²) in [7, 11) is 0. The first-order chi connectivity index (χ1) is 7.35. The molecule has 1 aliphatic heterocycles. The third-order valence-corrected chi connectivity index (χ3v) is 4.82. The Hall–Kier alpha value is -0.0500. The fourth-order valence-corrected chi connectivity index (χ4v) is 3.21. The van der Waals surface area contributed by atoms with E-state index in [0.29, 0.717) is 5.41 Å². The summed E-state index contributed by atoms with van der Waals surface area (Å²) in [6.07, 6.45) is 4.63. The van der Waals surface area contributed by atoms with Gasteiger partial charge in [0.25, 0.3) is 0 Å². The van der Waals surface area contributed by atoms with Crippen LogP contribution in [0.1, 0.15) is 24.1 Å². The highest BCUT2D eigenvalue weighted by Crippen LogP contribution is 2.36. The minimum Gasteiger partial charge on any atom is -0.381 e. The van der Waals surface area contributed by atoms with Gasteiger partial charge < -0.3 is 4.74 Å². The molecule has 0 atom stereocenters. The summed E-state index contributed by atoms with van der Waals surface area (Å²) in [6.45, 7) is 1.77. The largest absolute Gasteiger partial charge is 0.381 e. The standard InChI is InChI=1S/C12H17ClOS/c13-10-12(5-7-14-8-6-12)4-3-11-2-1-9-15-11/h1-2,9H,3-8,10H2. The third kappa shape index (κ3) is 2.96. The smallest absolute Gasteiger partial charge is 0.0471 e. The second-order valence-corrected chi connectivity index (χ2v) is 5.62. The quantitative estimate of drug-likeness (QED) is 0.734.